The molecule has 0 aliphatic carbocycles. The minimum absolute atomic E-state index is 0.257. The molecule has 0 unspecified atom stereocenters. The second-order valence-electron chi connectivity index (χ2n) is 4.14. The molecule has 0 saturated heterocycles. The number of primary amides is 1. The summed E-state index contributed by atoms with van der Waals surface area (Å²) < 4.78 is 0.876. The first-order valence-corrected chi connectivity index (χ1v) is 6.35. The van der Waals surface area contributed by atoms with Gasteiger partial charge in [-0.2, -0.15) is 0 Å². The first-order valence-electron chi connectivity index (χ1n) is 5.56. The van der Waals surface area contributed by atoms with Crippen LogP contribution in [-0.2, 0) is 0 Å². The standard InChI is InChI=1S/C13H13BrN4O/c1-7-2-3-11(10(14)4-7)18-13-9(12(16)19)5-8(15)6-17-13/h2-6H,15H2,1H3,(H2,16,19)(H,17,18). The van der Waals surface area contributed by atoms with E-state index in [1.165, 1.54) is 12.3 Å². The largest absolute Gasteiger partial charge is 0.397 e. The van der Waals surface area contributed by atoms with Crippen molar-refractivity contribution in [3.8, 4) is 0 Å². The van der Waals surface area contributed by atoms with Gasteiger partial charge in [0.2, 0.25) is 0 Å². The highest BCUT2D eigenvalue weighted by Crippen LogP contribution is 2.27. The molecule has 0 bridgehead atoms. The molecule has 1 heterocycles. The fourth-order valence-electron chi connectivity index (χ4n) is 1.62. The summed E-state index contributed by atoms with van der Waals surface area (Å²) in [4.78, 5) is 15.5. The lowest BCUT2D eigenvalue weighted by Gasteiger charge is -2.11. The van der Waals surface area contributed by atoms with E-state index in [0.717, 1.165) is 15.7 Å². The number of aryl methyl sites for hydroxylation is 1. The van der Waals surface area contributed by atoms with Gasteiger partial charge in [-0.1, -0.05) is 6.07 Å². The van der Waals surface area contributed by atoms with Gasteiger partial charge in [0.25, 0.3) is 5.91 Å². The van der Waals surface area contributed by atoms with E-state index in [2.05, 4.69) is 26.2 Å². The molecule has 6 heteroatoms. The molecule has 1 amide bonds. The Labute approximate surface area is 119 Å². The quantitative estimate of drug-likeness (QED) is 0.810. The number of hydrogen-bond donors (Lipinski definition) is 3. The van der Waals surface area contributed by atoms with Gasteiger partial charge in [-0.15, -0.1) is 0 Å². The average molecular weight is 321 g/mol. The maximum atomic E-state index is 11.4. The van der Waals surface area contributed by atoms with Crippen LogP contribution in [0.4, 0.5) is 17.2 Å². The molecule has 5 nitrogen and oxygen atoms in total. The smallest absolute Gasteiger partial charge is 0.252 e. The number of amides is 1. The summed E-state index contributed by atoms with van der Waals surface area (Å²) in [5.41, 5.74) is 13.5. The molecule has 0 aliphatic heterocycles. The van der Waals surface area contributed by atoms with E-state index < -0.39 is 5.91 Å². The first-order chi connectivity index (χ1) is 8.97. The van der Waals surface area contributed by atoms with E-state index in [1.54, 1.807) is 0 Å². The minimum atomic E-state index is -0.578. The summed E-state index contributed by atoms with van der Waals surface area (Å²) in [5, 5.41) is 3.06. The number of nitrogens with two attached hydrogens (primary N) is 2. The van der Waals surface area contributed by atoms with E-state index in [0.29, 0.717) is 11.5 Å². The zero-order valence-electron chi connectivity index (χ0n) is 10.3. The van der Waals surface area contributed by atoms with E-state index in [1.807, 2.05) is 25.1 Å². The number of aromatic nitrogens is 1. The fourth-order valence-corrected chi connectivity index (χ4v) is 2.21. The number of benzene rings is 1. The number of anilines is 3. The van der Waals surface area contributed by atoms with Gasteiger partial charge in [0, 0.05) is 4.47 Å². The van der Waals surface area contributed by atoms with Gasteiger partial charge in [-0.3, -0.25) is 4.79 Å². The SMILES string of the molecule is Cc1ccc(Nc2ncc(N)cc2C(N)=O)c(Br)c1. The summed E-state index contributed by atoms with van der Waals surface area (Å²) >= 11 is 3.45. The van der Waals surface area contributed by atoms with E-state index in [9.17, 15) is 4.79 Å². The maximum absolute atomic E-state index is 11.4. The van der Waals surface area contributed by atoms with Crippen LogP contribution >= 0.6 is 15.9 Å². The van der Waals surface area contributed by atoms with Crippen molar-refractivity contribution < 1.29 is 4.79 Å². The van der Waals surface area contributed by atoms with Crippen molar-refractivity contribution in [1.82, 2.24) is 4.98 Å². The number of rotatable bonds is 3. The van der Waals surface area contributed by atoms with Gasteiger partial charge in [-0.05, 0) is 46.6 Å². The zero-order valence-corrected chi connectivity index (χ0v) is 11.9. The number of nitrogens with zero attached hydrogens (tertiary/aromatic N) is 1. The van der Waals surface area contributed by atoms with Crippen LogP contribution in [0, 0.1) is 6.92 Å². The molecule has 0 aliphatic rings. The van der Waals surface area contributed by atoms with Crippen LogP contribution in [0.2, 0.25) is 0 Å². The average Bonchev–Trinajstić information content (AvgIpc) is 2.34. The Morgan fingerprint density at radius 1 is 1.37 bits per heavy atom. The third kappa shape index (κ3) is 3.03. The highest BCUT2D eigenvalue weighted by molar-refractivity contribution is 9.10. The number of nitrogen functional groups attached to an aromatic ring is 1. The van der Waals surface area contributed by atoms with Crippen molar-refractivity contribution in [2.75, 3.05) is 11.1 Å². The molecule has 2 aromatic rings. The molecule has 19 heavy (non-hydrogen) atoms. The lowest BCUT2D eigenvalue weighted by Crippen LogP contribution is -2.15. The van der Waals surface area contributed by atoms with Crippen LogP contribution in [0.15, 0.2) is 34.9 Å². The second kappa shape index (κ2) is 5.27. The van der Waals surface area contributed by atoms with Crippen molar-refractivity contribution in [3.05, 3.63) is 46.1 Å². The van der Waals surface area contributed by atoms with E-state index >= 15 is 0 Å². The maximum Gasteiger partial charge on any atom is 0.252 e. The predicted octanol–water partition coefficient (Wildman–Crippen LogP) is 2.58. The molecular formula is C13H13BrN4O. The summed E-state index contributed by atoms with van der Waals surface area (Å²) in [7, 11) is 0. The minimum Gasteiger partial charge on any atom is -0.397 e. The number of carbonyl (C=O) groups is 1. The Morgan fingerprint density at radius 3 is 2.74 bits per heavy atom. The Hall–Kier alpha value is -2.08. The van der Waals surface area contributed by atoms with Crippen molar-refractivity contribution in [3.63, 3.8) is 0 Å². The van der Waals surface area contributed by atoms with E-state index in [4.69, 9.17) is 11.5 Å². The van der Waals surface area contributed by atoms with Crippen molar-refractivity contribution >= 4 is 39.0 Å². The van der Waals surface area contributed by atoms with Crippen LogP contribution in [-0.4, -0.2) is 10.9 Å². The number of hydrogen-bond acceptors (Lipinski definition) is 4. The number of pyridine rings is 1. The lowest BCUT2D eigenvalue weighted by atomic mass is 10.2. The molecule has 5 N–H and O–H groups in total. The second-order valence-corrected chi connectivity index (χ2v) is 4.99. The van der Waals surface area contributed by atoms with Gasteiger partial charge in [0.15, 0.2) is 0 Å². The molecule has 98 valence electrons. The van der Waals surface area contributed by atoms with Gasteiger partial charge < -0.3 is 16.8 Å². The number of nitrogens with one attached hydrogen (secondary N) is 1. The third-order valence-electron chi connectivity index (χ3n) is 2.55. The van der Waals surface area contributed by atoms with Crippen LogP contribution in [0.5, 0.6) is 0 Å². The number of carbonyl (C=O) groups excluding carboxylic acids is 1. The summed E-state index contributed by atoms with van der Waals surface area (Å²) in [6.07, 6.45) is 1.47. The van der Waals surface area contributed by atoms with Crippen molar-refractivity contribution in [2.45, 2.75) is 6.92 Å². The Balaban J connectivity index is 2.40. The molecular weight excluding hydrogens is 308 g/mol. The van der Waals surface area contributed by atoms with Crippen molar-refractivity contribution in [1.29, 1.82) is 0 Å². The van der Waals surface area contributed by atoms with Crippen molar-refractivity contribution in [2.24, 2.45) is 5.73 Å². The van der Waals surface area contributed by atoms with Gasteiger partial charge in [-0.25, -0.2) is 4.98 Å². The molecule has 0 saturated carbocycles. The summed E-state index contributed by atoms with van der Waals surface area (Å²) in [5.74, 6) is -0.197. The molecule has 0 radical (unpaired) electrons. The summed E-state index contributed by atoms with van der Waals surface area (Å²) in [6, 6.07) is 7.31. The van der Waals surface area contributed by atoms with Gasteiger partial charge in [0.05, 0.1) is 23.1 Å². The predicted molar refractivity (Wildman–Crippen MR) is 79.3 cm³/mol. The Morgan fingerprint density at radius 2 is 2.11 bits per heavy atom. The van der Waals surface area contributed by atoms with Gasteiger partial charge in [0.1, 0.15) is 5.82 Å². The molecule has 1 aromatic carbocycles. The topological polar surface area (TPSA) is 94.0 Å². The summed E-state index contributed by atoms with van der Waals surface area (Å²) in [6.45, 7) is 1.99. The first kappa shape index (κ1) is 13.4. The highest BCUT2D eigenvalue weighted by atomic mass is 79.9. The Bertz CT molecular complexity index is 643. The number of halogens is 1. The van der Waals surface area contributed by atoms with Crippen LogP contribution < -0.4 is 16.8 Å². The normalized spacial score (nSPS) is 10.2. The Kier molecular flexibility index (Phi) is 3.71. The van der Waals surface area contributed by atoms with Gasteiger partial charge >= 0.3 is 0 Å². The lowest BCUT2D eigenvalue weighted by molar-refractivity contribution is 0.100. The zero-order chi connectivity index (χ0) is 14.0. The molecule has 2 rings (SSSR count). The van der Waals surface area contributed by atoms with E-state index in [-0.39, 0.29) is 5.56 Å². The van der Waals surface area contributed by atoms with Crippen LogP contribution in [0.3, 0.4) is 0 Å². The molecule has 0 atom stereocenters. The molecule has 0 spiro atoms. The monoisotopic (exact) mass is 320 g/mol. The molecule has 1 aromatic heterocycles. The third-order valence-corrected chi connectivity index (χ3v) is 3.21. The fraction of sp³-hybridized carbons (Fsp3) is 0.0769. The van der Waals surface area contributed by atoms with Crippen LogP contribution in [0.1, 0.15) is 15.9 Å². The van der Waals surface area contributed by atoms with Crippen LogP contribution in [0.25, 0.3) is 0 Å². The molecule has 0 fully saturated rings. The highest BCUT2D eigenvalue weighted by Gasteiger charge is 2.11.